The number of fused-ring (bicyclic) bond motifs is 1. The second-order valence-corrected chi connectivity index (χ2v) is 8.10. The third-order valence-electron chi connectivity index (χ3n) is 5.40. The van der Waals surface area contributed by atoms with Crippen molar-refractivity contribution < 1.29 is 14.3 Å². The molecule has 3 aromatic carbocycles. The summed E-state index contributed by atoms with van der Waals surface area (Å²) in [6.45, 7) is 2.09. The zero-order valence-corrected chi connectivity index (χ0v) is 18.7. The molecule has 0 bridgehead atoms. The molecule has 0 amide bonds. The van der Waals surface area contributed by atoms with Crippen LogP contribution < -0.4 is 0 Å². The van der Waals surface area contributed by atoms with Gasteiger partial charge in [0.05, 0.1) is 16.7 Å². The van der Waals surface area contributed by atoms with Gasteiger partial charge in [-0.15, -0.1) is 0 Å². The second kappa shape index (κ2) is 9.84. The molecule has 0 atom stereocenters. The zero-order valence-electron chi connectivity index (χ0n) is 18.0. The van der Waals surface area contributed by atoms with Gasteiger partial charge in [-0.3, -0.25) is 5.10 Å². The summed E-state index contributed by atoms with van der Waals surface area (Å²) in [7, 11) is 0. The third kappa shape index (κ3) is 5.04. The van der Waals surface area contributed by atoms with Gasteiger partial charge in [0.1, 0.15) is 5.82 Å². The van der Waals surface area contributed by atoms with E-state index in [1.54, 1.807) is 18.3 Å². The molecule has 0 spiro atoms. The number of carbonyl (C=O) groups is 1. The van der Waals surface area contributed by atoms with Crippen LogP contribution in [0.25, 0.3) is 28.1 Å². The van der Waals surface area contributed by atoms with Crippen LogP contribution in [-0.2, 0) is 4.79 Å². The standard InChI is InChI=1S/C27H22ClFN2O2/c1-2-3-23(22-11-10-21(29)15-24(22)28)27(19-9-12-25-20(14-19)16-30-31-25)18-7-4-17(5-8-18)6-13-26(32)33/h4-16H,2-3H2,1H3,(H,30,31)(H,32,33)/b13-6+,27-23?. The maximum atomic E-state index is 13.8. The summed E-state index contributed by atoms with van der Waals surface area (Å²) in [5, 5.41) is 17.3. The Morgan fingerprint density at radius 1 is 1.09 bits per heavy atom. The highest BCUT2D eigenvalue weighted by atomic mass is 35.5. The molecule has 0 aliphatic rings. The number of hydrogen-bond acceptors (Lipinski definition) is 2. The van der Waals surface area contributed by atoms with Crippen LogP contribution in [0.4, 0.5) is 4.39 Å². The molecule has 0 unspecified atom stereocenters. The molecule has 4 rings (SSSR count). The molecule has 0 aliphatic carbocycles. The molecule has 0 saturated carbocycles. The van der Waals surface area contributed by atoms with Gasteiger partial charge in [-0.05, 0) is 70.2 Å². The number of carboxylic acids is 1. The van der Waals surface area contributed by atoms with Crippen molar-refractivity contribution in [3.05, 3.63) is 106 Å². The summed E-state index contributed by atoms with van der Waals surface area (Å²) in [5.41, 5.74) is 6.45. The highest BCUT2D eigenvalue weighted by molar-refractivity contribution is 6.32. The Bertz CT molecular complexity index is 1370. The Morgan fingerprint density at radius 2 is 1.85 bits per heavy atom. The van der Waals surface area contributed by atoms with Crippen LogP contribution in [0.3, 0.4) is 0 Å². The summed E-state index contributed by atoms with van der Waals surface area (Å²) >= 11 is 6.50. The molecule has 0 aliphatic heterocycles. The molecule has 0 radical (unpaired) electrons. The summed E-state index contributed by atoms with van der Waals surface area (Å²) in [6.07, 6.45) is 6.06. The van der Waals surface area contributed by atoms with E-state index in [9.17, 15) is 9.18 Å². The number of halogens is 2. The molecule has 1 aromatic heterocycles. The van der Waals surface area contributed by atoms with Gasteiger partial charge < -0.3 is 5.11 Å². The molecular weight excluding hydrogens is 439 g/mol. The third-order valence-corrected chi connectivity index (χ3v) is 5.72. The lowest BCUT2D eigenvalue weighted by molar-refractivity contribution is -0.131. The molecule has 6 heteroatoms. The second-order valence-electron chi connectivity index (χ2n) is 7.69. The highest BCUT2D eigenvalue weighted by Crippen LogP contribution is 2.38. The van der Waals surface area contributed by atoms with Crippen molar-refractivity contribution in [3.63, 3.8) is 0 Å². The van der Waals surface area contributed by atoms with Gasteiger partial charge in [0.25, 0.3) is 0 Å². The number of hydrogen-bond donors (Lipinski definition) is 2. The van der Waals surface area contributed by atoms with E-state index in [0.717, 1.165) is 63.2 Å². The Kier molecular flexibility index (Phi) is 6.71. The van der Waals surface area contributed by atoms with Crippen LogP contribution in [-0.4, -0.2) is 21.3 Å². The number of rotatable bonds is 7. The highest BCUT2D eigenvalue weighted by Gasteiger charge is 2.17. The fraction of sp³-hybridized carbons (Fsp3) is 0.111. The van der Waals surface area contributed by atoms with Crippen LogP contribution in [0.1, 0.15) is 42.0 Å². The molecule has 33 heavy (non-hydrogen) atoms. The van der Waals surface area contributed by atoms with E-state index >= 15 is 0 Å². The first-order valence-electron chi connectivity index (χ1n) is 10.6. The van der Waals surface area contributed by atoms with Gasteiger partial charge in [0, 0.05) is 11.5 Å². The Hall–Kier alpha value is -3.70. The summed E-state index contributed by atoms with van der Waals surface area (Å²) in [6, 6.07) is 18.2. The SMILES string of the molecule is CCCC(=C(c1ccc(/C=C/C(=O)O)cc1)c1ccc2[nH]ncc2c1)c1ccc(F)cc1Cl. The van der Waals surface area contributed by atoms with Crippen molar-refractivity contribution >= 4 is 45.7 Å². The van der Waals surface area contributed by atoms with Gasteiger partial charge >= 0.3 is 5.97 Å². The lowest BCUT2D eigenvalue weighted by Crippen LogP contribution is -1.97. The quantitative estimate of drug-likeness (QED) is 0.226. The minimum Gasteiger partial charge on any atom is -0.478 e. The molecule has 1 heterocycles. The molecule has 0 fully saturated rings. The predicted molar refractivity (Wildman–Crippen MR) is 131 cm³/mol. The van der Waals surface area contributed by atoms with Crippen molar-refractivity contribution in [3.8, 4) is 0 Å². The maximum Gasteiger partial charge on any atom is 0.328 e. The van der Waals surface area contributed by atoms with E-state index in [-0.39, 0.29) is 5.82 Å². The summed E-state index contributed by atoms with van der Waals surface area (Å²) in [4.78, 5) is 10.9. The number of aliphatic carboxylic acids is 1. The smallest absolute Gasteiger partial charge is 0.328 e. The van der Waals surface area contributed by atoms with Crippen LogP contribution in [0.15, 0.2) is 72.9 Å². The van der Waals surface area contributed by atoms with Crippen LogP contribution in [0.2, 0.25) is 5.02 Å². The zero-order chi connectivity index (χ0) is 23.4. The lowest BCUT2D eigenvalue weighted by atomic mass is 9.86. The number of carboxylic acid groups (broad SMARTS) is 1. The number of benzene rings is 3. The van der Waals surface area contributed by atoms with Gasteiger partial charge in [-0.2, -0.15) is 5.10 Å². The topological polar surface area (TPSA) is 66.0 Å². The van der Waals surface area contributed by atoms with Crippen molar-refractivity contribution in [2.24, 2.45) is 0 Å². The summed E-state index contributed by atoms with van der Waals surface area (Å²) < 4.78 is 13.8. The number of aromatic nitrogens is 2. The van der Waals surface area contributed by atoms with Crippen molar-refractivity contribution in [2.45, 2.75) is 19.8 Å². The fourth-order valence-electron chi connectivity index (χ4n) is 3.92. The van der Waals surface area contributed by atoms with E-state index in [2.05, 4.69) is 23.2 Å². The first-order chi connectivity index (χ1) is 16.0. The molecule has 2 N–H and O–H groups in total. The van der Waals surface area contributed by atoms with Gasteiger partial charge in [-0.1, -0.05) is 61.3 Å². The number of H-pyrrole nitrogens is 1. The number of nitrogens with one attached hydrogen (secondary N) is 1. The molecule has 166 valence electrons. The van der Waals surface area contributed by atoms with Crippen LogP contribution >= 0.6 is 11.6 Å². The van der Waals surface area contributed by atoms with E-state index in [1.165, 1.54) is 12.1 Å². The molecular formula is C27H22ClFN2O2. The molecule has 0 saturated heterocycles. The van der Waals surface area contributed by atoms with Gasteiger partial charge in [0.15, 0.2) is 0 Å². The number of allylic oxidation sites excluding steroid dienone is 1. The van der Waals surface area contributed by atoms with Crippen LogP contribution in [0, 0.1) is 5.82 Å². The average Bonchev–Trinajstić information content (AvgIpc) is 3.26. The Labute approximate surface area is 196 Å². The van der Waals surface area contributed by atoms with E-state index in [0.29, 0.717) is 5.02 Å². The van der Waals surface area contributed by atoms with Crippen molar-refractivity contribution in [1.82, 2.24) is 10.2 Å². The number of aromatic amines is 1. The maximum absolute atomic E-state index is 13.8. The van der Waals surface area contributed by atoms with Crippen molar-refractivity contribution in [2.75, 3.05) is 0 Å². The monoisotopic (exact) mass is 460 g/mol. The Morgan fingerprint density at radius 3 is 2.55 bits per heavy atom. The minimum absolute atomic E-state index is 0.362. The van der Waals surface area contributed by atoms with Crippen LogP contribution in [0.5, 0.6) is 0 Å². The summed E-state index contributed by atoms with van der Waals surface area (Å²) in [5.74, 6) is -1.38. The fourth-order valence-corrected chi connectivity index (χ4v) is 4.20. The van der Waals surface area contributed by atoms with E-state index < -0.39 is 5.97 Å². The van der Waals surface area contributed by atoms with E-state index in [1.807, 2.05) is 36.4 Å². The Balaban J connectivity index is 1.95. The largest absolute Gasteiger partial charge is 0.478 e. The lowest BCUT2D eigenvalue weighted by Gasteiger charge is -2.18. The molecule has 4 nitrogen and oxygen atoms in total. The average molecular weight is 461 g/mol. The van der Waals surface area contributed by atoms with Gasteiger partial charge in [0.2, 0.25) is 0 Å². The molecule has 4 aromatic rings. The predicted octanol–water partition coefficient (Wildman–Crippen LogP) is 7.21. The van der Waals surface area contributed by atoms with E-state index in [4.69, 9.17) is 16.7 Å². The normalized spacial score (nSPS) is 12.3. The van der Waals surface area contributed by atoms with Gasteiger partial charge in [-0.25, -0.2) is 9.18 Å². The first kappa shape index (κ1) is 22.5. The first-order valence-corrected chi connectivity index (χ1v) is 11.0. The number of nitrogens with zero attached hydrogens (tertiary/aromatic N) is 1. The minimum atomic E-state index is -0.996. The van der Waals surface area contributed by atoms with Crippen molar-refractivity contribution in [1.29, 1.82) is 0 Å².